The average molecular weight is 406 g/mol. The summed E-state index contributed by atoms with van der Waals surface area (Å²) in [5, 5.41) is 0. The fourth-order valence-electron chi connectivity index (χ4n) is 1.68. The molecule has 0 unspecified atom stereocenters. The van der Waals surface area contributed by atoms with E-state index < -0.39 is 15.8 Å². The molecule has 0 aromatic heterocycles. The molecule has 0 saturated heterocycles. The Labute approximate surface area is 130 Å². The normalized spacial score (nSPS) is 11.3. The van der Waals surface area contributed by atoms with Gasteiger partial charge in [-0.05, 0) is 64.6 Å². The van der Waals surface area contributed by atoms with Gasteiger partial charge in [-0.3, -0.25) is 4.72 Å². The fraction of sp³-hybridized carbons (Fsp3) is 0.0769. The van der Waals surface area contributed by atoms with Gasteiger partial charge in [0, 0.05) is 15.8 Å². The summed E-state index contributed by atoms with van der Waals surface area (Å²) in [5.74, 6) is -0.620. The third kappa shape index (κ3) is 3.47. The van der Waals surface area contributed by atoms with E-state index in [9.17, 15) is 12.8 Å². The van der Waals surface area contributed by atoms with Gasteiger partial charge in [0.15, 0.2) is 0 Å². The number of rotatable bonds is 4. The molecule has 0 aliphatic heterocycles. The van der Waals surface area contributed by atoms with Gasteiger partial charge >= 0.3 is 0 Å². The van der Waals surface area contributed by atoms with E-state index in [0.29, 0.717) is 11.3 Å². The molecular formula is C13H12FIN2O2S. The van der Waals surface area contributed by atoms with E-state index in [1.54, 1.807) is 24.3 Å². The number of sulfonamides is 1. The Morgan fingerprint density at radius 3 is 2.40 bits per heavy atom. The first-order chi connectivity index (χ1) is 9.42. The van der Waals surface area contributed by atoms with E-state index in [1.807, 2.05) is 0 Å². The zero-order valence-electron chi connectivity index (χ0n) is 10.3. The van der Waals surface area contributed by atoms with Crippen LogP contribution in [0.25, 0.3) is 0 Å². The highest BCUT2D eigenvalue weighted by molar-refractivity contribution is 14.1. The maximum Gasteiger partial charge on any atom is 0.262 e. The van der Waals surface area contributed by atoms with E-state index in [0.717, 1.165) is 9.64 Å². The molecule has 0 aliphatic carbocycles. The predicted octanol–water partition coefficient (Wildman–Crippen LogP) is 2.69. The second-order valence-electron chi connectivity index (χ2n) is 4.07. The topological polar surface area (TPSA) is 72.2 Å². The smallest absolute Gasteiger partial charge is 0.262 e. The highest BCUT2D eigenvalue weighted by Crippen LogP contribution is 2.21. The van der Waals surface area contributed by atoms with Crippen LogP contribution in [-0.4, -0.2) is 8.42 Å². The van der Waals surface area contributed by atoms with Crippen molar-refractivity contribution in [1.29, 1.82) is 0 Å². The van der Waals surface area contributed by atoms with E-state index in [1.165, 1.54) is 12.1 Å². The van der Waals surface area contributed by atoms with E-state index in [-0.39, 0.29) is 11.4 Å². The molecule has 20 heavy (non-hydrogen) atoms. The lowest BCUT2D eigenvalue weighted by Crippen LogP contribution is -2.16. The monoisotopic (exact) mass is 406 g/mol. The van der Waals surface area contributed by atoms with Crippen LogP contribution in [-0.2, 0) is 16.6 Å². The number of hydrogen-bond donors (Lipinski definition) is 2. The molecule has 2 aromatic carbocycles. The largest absolute Gasteiger partial charge is 0.326 e. The zero-order valence-corrected chi connectivity index (χ0v) is 13.3. The van der Waals surface area contributed by atoms with E-state index in [4.69, 9.17) is 5.73 Å². The first-order valence-electron chi connectivity index (χ1n) is 5.69. The van der Waals surface area contributed by atoms with Gasteiger partial charge in [-0.25, -0.2) is 12.8 Å². The van der Waals surface area contributed by atoms with Gasteiger partial charge in [-0.2, -0.15) is 0 Å². The van der Waals surface area contributed by atoms with Crippen molar-refractivity contribution >= 4 is 38.3 Å². The van der Waals surface area contributed by atoms with Crippen LogP contribution in [0.4, 0.5) is 10.1 Å². The standard InChI is InChI=1S/C13H12FIN2O2S/c14-10-2-1-9(8-16)13(7-10)20(18,19)17-12-5-3-11(15)4-6-12/h1-7,17H,8,16H2. The Balaban J connectivity index is 2.40. The van der Waals surface area contributed by atoms with Crippen LogP contribution in [0.2, 0.25) is 0 Å². The Bertz CT molecular complexity index is 718. The molecule has 2 rings (SSSR count). The summed E-state index contributed by atoms with van der Waals surface area (Å²) in [6, 6.07) is 10.4. The number of nitrogens with one attached hydrogen (secondary N) is 1. The molecule has 0 fully saturated rings. The third-order valence-electron chi connectivity index (χ3n) is 2.64. The summed E-state index contributed by atoms with van der Waals surface area (Å²) in [5.41, 5.74) is 6.27. The Morgan fingerprint density at radius 1 is 1.15 bits per heavy atom. The molecule has 0 spiro atoms. The van der Waals surface area contributed by atoms with Gasteiger partial charge in [0.2, 0.25) is 0 Å². The van der Waals surface area contributed by atoms with Crippen LogP contribution in [0, 0.1) is 9.39 Å². The van der Waals surface area contributed by atoms with Gasteiger partial charge in [-0.1, -0.05) is 6.07 Å². The van der Waals surface area contributed by atoms with Crippen molar-refractivity contribution in [3.63, 3.8) is 0 Å². The molecule has 0 heterocycles. The number of nitrogens with two attached hydrogens (primary N) is 1. The van der Waals surface area contributed by atoms with E-state index >= 15 is 0 Å². The molecule has 0 atom stereocenters. The first kappa shape index (κ1) is 15.2. The number of halogens is 2. The maximum atomic E-state index is 13.3. The van der Waals surface area contributed by atoms with Crippen molar-refractivity contribution in [1.82, 2.24) is 0 Å². The molecule has 0 amide bonds. The zero-order chi connectivity index (χ0) is 14.8. The SMILES string of the molecule is NCc1ccc(F)cc1S(=O)(=O)Nc1ccc(I)cc1. The van der Waals surface area contributed by atoms with Crippen molar-refractivity contribution in [2.45, 2.75) is 11.4 Å². The molecule has 2 aromatic rings. The lowest BCUT2D eigenvalue weighted by molar-refractivity contribution is 0.593. The van der Waals surface area contributed by atoms with Crippen molar-refractivity contribution in [2.75, 3.05) is 4.72 Å². The summed E-state index contributed by atoms with van der Waals surface area (Å²) >= 11 is 2.12. The van der Waals surface area contributed by atoms with Crippen LogP contribution < -0.4 is 10.5 Å². The second kappa shape index (κ2) is 6.06. The minimum atomic E-state index is -3.86. The summed E-state index contributed by atoms with van der Waals surface area (Å²) in [4.78, 5) is -0.140. The molecule has 0 aliphatic rings. The van der Waals surface area contributed by atoms with Crippen molar-refractivity contribution < 1.29 is 12.8 Å². The number of anilines is 1. The Hall–Kier alpha value is -1.19. The maximum absolute atomic E-state index is 13.3. The molecule has 7 heteroatoms. The lowest BCUT2D eigenvalue weighted by Gasteiger charge is -2.11. The van der Waals surface area contributed by atoms with Crippen molar-refractivity contribution in [2.24, 2.45) is 5.73 Å². The lowest BCUT2D eigenvalue weighted by atomic mass is 10.2. The minimum absolute atomic E-state index is 0.0171. The predicted molar refractivity (Wildman–Crippen MR) is 84.3 cm³/mol. The highest BCUT2D eigenvalue weighted by atomic mass is 127. The van der Waals surface area contributed by atoms with Crippen molar-refractivity contribution in [3.05, 3.63) is 57.4 Å². The van der Waals surface area contributed by atoms with Gasteiger partial charge < -0.3 is 5.73 Å². The van der Waals surface area contributed by atoms with Crippen LogP contribution in [0.3, 0.4) is 0 Å². The molecule has 0 saturated carbocycles. The van der Waals surface area contributed by atoms with Crippen LogP contribution in [0.15, 0.2) is 47.4 Å². The number of hydrogen-bond acceptors (Lipinski definition) is 3. The molecule has 106 valence electrons. The summed E-state index contributed by atoms with van der Waals surface area (Å²) < 4.78 is 41.2. The molecule has 0 radical (unpaired) electrons. The van der Waals surface area contributed by atoms with Gasteiger partial charge in [0.05, 0.1) is 4.90 Å². The average Bonchev–Trinajstić information content (AvgIpc) is 2.41. The third-order valence-corrected chi connectivity index (χ3v) is 4.82. The van der Waals surface area contributed by atoms with E-state index in [2.05, 4.69) is 27.3 Å². The highest BCUT2D eigenvalue weighted by Gasteiger charge is 2.19. The van der Waals surface area contributed by atoms with Crippen LogP contribution in [0.1, 0.15) is 5.56 Å². The quantitative estimate of drug-likeness (QED) is 0.768. The van der Waals surface area contributed by atoms with Gasteiger partial charge in [0.25, 0.3) is 10.0 Å². The summed E-state index contributed by atoms with van der Waals surface area (Å²) in [6.07, 6.45) is 0. The van der Waals surface area contributed by atoms with Crippen molar-refractivity contribution in [3.8, 4) is 0 Å². The molecule has 0 bridgehead atoms. The van der Waals surface area contributed by atoms with Crippen LogP contribution in [0.5, 0.6) is 0 Å². The first-order valence-corrected chi connectivity index (χ1v) is 8.25. The van der Waals surface area contributed by atoms with Gasteiger partial charge in [0.1, 0.15) is 5.82 Å². The summed E-state index contributed by atoms with van der Waals surface area (Å²) in [6.45, 7) is 0.0171. The molecule has 3 N–H and O–H groups in total. The van der Waals surface area contributed by atoms with Crippen LogP contribution >= 0.6 is 22.6 Å². The molecule has 4 nitrogen and oxygen atoms in total. The second-order valence-corrected chi connectivity index (χ2v) is 6.97. The number of benzene rings is 2. The Kier molecular flexibility index (Phi) is 4.61. The fourth-order valence-corrected chi connectivity index (χ4v) is 3.36. The molecular weight excluding hydrogens is 394 g/mol. The van der Waals surface area contributed by atoms with Gasteiger partial charge in [-0.15, -0.1) is 0 Å². The Morgan fingerprint density at radius 2 is 1.80 bits per heavy atom. The summed E-state index contributed by atoms with van der Waals surface area (Å²) in [7, 11) is -3.86. The minimum Gasteiger partial charge on any atom is -0.326 e.